The van der Waals surface area contributed by atoms with Gasteiger partial charge in [0.05, 0.1) is 5.25 Å². The minimum Gasteiger partial charge on any atom is -0.351 e. The van der Waals surface area contributed by atoms with Gasteiger partial charge in [-0.2, -0.15) is 0 Å². The Kier molecular flexibility index (Phi) is 6.54. The maximum atomic E-state index is 12.3. The molecule has 1 N–H and O–H groups in total. The summed E-state index contributed by atoms with van der Waals surface area (Å²) >= 11 is 1.59. The van der Waals surface area contributed by atoms with Gasteiger partial charge in [0.1, 0.15) is 0 Å². The molecule has 25 heavy (non-hydrogen) atoms. The van der Waals surface area contributed by atoms with Gasteiger partial charge in [0, 0.05) is 18.0 Å². The normalized spacial score (nSPS) is 15.9. The predicted molar refractivity (Wildman–Crippen MR) is 105 cm³/mol. The van der Waals surface area contributed by atoms with Crippen molar-refractivity contribution < 1.29 is 4.79 Å². The van der Waals surface area contributed by atoms with Crippen LogP contribution in [-0.4, -0.2) is 29.1 Å². The van der Waals surface area contributed by atoms with Crippen molar-refractivity contribution >= 4 is 17.7 Å². The van der Waals surface area contributed by atoms with Crippen LogP contribution < -0.4 is 5.32 Å². The van der Waals surface area contributed by atoms with Crippen molar-refractivity contribution in [2.75, 3.05) is 13.1 Å². The van der Waals surface area contributed by atoms with Crippen molar-refractivity contribution in [3.05, 3.63) is 65.7 Å². The number of hydrogen-bond donors (Lipinski definition) is 1. The van der Waals surface area contributed by atoms with Gasteiger partial charge in [0.2, 0.25) is 5.91 Å². The average Bonchev–Trinajstić information content (AvgIpc) is 3.14. The maximum Gasteiger partial charge on any atom is 0.233 e. The summed E-state index contributed by atoms with van der Waals surface area (Å²) in [5, 5.41) is 2.96. The summed E-state index contributed by atoms with van der Waals surface area (Å²) in [6.07, 6.45) is 2.62. The van der Waals surface area contributed by atoms with Crippen molar-refractivity contribution in [2.24, 2.45) is 0 Å². The number of nitrogens with zero attached hydrogens (tertiary/aromatic N) is 1. The molecule has 1 aliphatic rings. The minimum atomic E-state index is -0.102. The van der Waals surface area contributed by atoms with Crippen LogP contribution in [0.5, 0.6) is 0 Å². The zero-order chi connectivity index (χ0) is 17.5. The van der Waals surface area contributed by atoms with E-state index in [0.29, 0.717) is 6.54 Å². The van der Waals surface area contributed by atoms with Gasteiger partial charge in [-0.3, -0.25) is 9.69 Å². The van der Waals surface area contributed by atoms with Gasteiger partial charge < -0.3 is 5.32 Å². The van der Waals surface area contributed by atoms with Gasteiger partial charge in [-0.05, 0) is 56.1 Å². The van der Waals surface area contributed by atoms with E-state index >= 15 is 0 Å². The first-order valence-electron chi connectivity index (χ1n) is 9.00. The lowest BCUT2D eigenvalue weighted by Crippen LogP contribution is -2.30. The van der Waals surface area contributed by atoms with Gasteiger partial charge in [-0.1, -0.05) is 42.5 Å². The van der Waals surface area contributed by atoms with Crippen LogP contribution in [0.1, 0.15) is 30.9 Å². The van der Waals surface area contributed by atoms with Gasteiger partial charge in [-0.15, -0.1) is 11.8 Å². The SMILES string of the molecule is C[C@@H](Sc1ccccc1)C(=O)NCc1cccc(CN2CCCC2)c1. The highest BCUT2D eigenvalue weighted by Gasteiger charge is 2.14. The molecule has 1 fully saturated rings. The third-order valence-electron chi connectivity index (χ3n) is 4.49. The van der Waals surface area contributed by atoms with Crippen LogP contribution in [0.25, 0.3) is 0 Å². The Morgan fingerprint density at radius 1 is 1.08 bits per heavy atom. The molecule has 2 aromatic rings. The molecule has 0 spiro atoms. The molecule has 0 radical (unpaired) electrons. The largest absolute Gasteiger partial charge is 0.351 e. The van der Waals surface area contributed by atoms with E-state index in [-0.39, 0.29) is 11.2 Å². The molecule has 0 unspecified atom stereocenters. The molecule has 0 bridgehead atoms. The Balaban J connectivity index is 1.49. The van der Waals surface area contributed by atoms with Crippen LogP contribution in [0.15, 0.2) is 59.5 Å². The number of nitrogens with one attached hydrogen (secondary N) is 1. The maximum absolute atomic E-state index is 12.3. The summed E-state index contributed by atoms with van der Waals surface area (Å²) in [4.78, 5) is 16.0. The monoisotopic (exact) mass is 354 g/mol. The lowest BCUT2D eigenvalue weighted by Gasteiger charge is -2.16. The van der Waals surface area contributed by atoms with Crippen LogP contribution in [0.2, 0.25) is 0 Å². The first-order valence-corrected chi connectivity index (χ1v) is 9.88. The highest BCUT2D eigenvalue weighted by Crippen LogP contribution is 2.22. The molecule has 0 saturated carbocycles. The number of carbonyl (C=O) groups excluding carboxylic acids is 1. The molecule has 132 valence electrons. The second-order valence-corrected chi connectivity index (χ2v) is 8.01. The summed E-state index contributed by atoms with van der Waals surface area (Å²) in [7, 11) is 0. The lowest BCUT2D eigenvalue weighted by atomic mass is 10.1. The Hall–Kier alpha value is -1.78. The van der Waals surface area contributed by atoms with Crippen LogP contribution in [0.3, 0.4) is 0 Å². The Morgan fingerprint density at radius 2 is 1.80 bits per heavy atom. The molecular formula is C21H26N2OS. The average molecular weight is 355 g/mol. The lowest BCUT2D eigenvalue weighted by molar-refractivity contribution is -0.120. The molecule has 3 rings (SSSR count). The van der Waals surface area contributed by atoms with Crippen molar-refractivity contribution in [1.29, 1.82) is 0 Å². The smallest absolute Gasteiger partial charge is 0.233 e. The number of benzene rings is 2. The number of likely N-dealkylation sites (tertiary alicyclic amines) is 1. The van der Waals surface area contributed by atoms with E-state index in [2.05, 4.69) is 34.5 Å². The summed E-state index contributed by atoms with van der Waals surface area (Å²) in [6.45, 7) is 5.97. The Morgan fingerprint density at radius 3 is 2.56 bits per heavy atom. The van der Waals surface area contributed by atoms with E-state index in [1.807, 2.05) is 37.3 Å². The first-order chi connectivity index (χ1) is 12.2. The van der Waals surface area contributed by atoms with E-state index in [9.17, 15) is 4.79 Å². The number of carbonyl (C=O) groups is 1. The van der Waals surface area contributed by atoms with E-state index < -0.39 is 0 Å². The molecule has 1 saturated heterocycles. The summed E-state index contributed by atoms with van der Waals surface area (Å²) in [6, 6.07) is 18.6. The number of amides is 1. The van der Waals surface area contributed by atoms with Crippen LogP contribution >= 0.6 is 11.8 Å². The van der Waals surface area contributed by atoms with Gasteiger partial charge in [0.15, 0.2) is 0 Å². The predicted octanol–water partition coefficient (Wildman–Crippen LogP) is 4.08. The third kappa shape index (κ3) is 5.62. The first kappa shape index (κ1) is 18.0. The molecular weight excluding hydrogens is 328 g/mol. The molecule has 0 aromatic heterocycles. The van der Waals surface area contributed by atoms with Crippen LogP contribution in [0.4, 0.5) is 0 Å². The number of hydrogen-bond acceptors (Lipinski definition) is 3. The molecule has 0 aliphatic carbocycles. The number of rotatable bonds is 7. The van der Waals surface area contributed by atoms with Crippen molar-refractivity contribution in [3.8, 4) is 0 Å². The fraction of sp³-hybridized carbons (Fsp3) is 0.381. The van der Waals surface area contributed by atoms with E-state index in [1.165, 1.54) is 37.1 Å². The van der Waals surface area contributed by atoms with Gasteiger partial charge in [0.25, 0.3) is 0 Å². The molecule has 2 aromatic carbocycles. The zero-order valence-electron chi connectivity index (χ0n) is 14.8. The molecule has 1 atom stereocenters. The fourth-order valence-corrected chi connectivity index (χ4v) is 4.04. The van der Waals surface area contributed by atoms with Crippen LogP contribution in [-0.2, 0) is 17.9 Å². The van der Waals surface area contributed by atoms with Crippen molar-refractivity contribution in [1.82, 2.24) is 10.2 Å². The van der Waals surface area contributed by atoms with E-state index in [4.69, 9.17) is 0 Å². The Bertz CT molecular complexity index is 683. The van der Waals surface area contributed by atoms with Crippen molar-refractivity contribution in [3.63, 3.8) is 0 Å². The highest BCUT2D eigenvalue weighted by molar-refractivity contribution is 8.00. The van der Waals surface area contributed by atoms with E-state index in [0.717, 1.165) is 11.4 Å². The Labute approximate surface area is 154 Å². The molecule has 4 heteroatoms. The standard InChI is InChI=1S/C21H26N2OS/c1-17(25-20-10-3-2-4-11-20)21(24)22-15-18-8-7-9-19(14-18)16-23-12-5-6-13-23/h2-4,7-11,14,17H,5-6,12-13,15-16H2,1H3,(H,22,24)/t17-/m1/s1. The third-order valence-corrected chi connectivity index (χ3v) is 5.60. The minimum absolute atomic E-state index is 0.0822. The van der Waals surface area contributed by atoms with Crippen molar-refractivity contribution in [2.45, 2.75) is 43.0 Å². The zero-order valence-corrected chi connectivity index (χ0v) is 15.6. The van der Waals surface area contributed by atoms with Gasteiger partial charge >= 0.3 is 0 Å². The summed E-state index contributed by atoms with van der Waals surface area (Å²) < 4.78 is 0. The summed E-state index contributed by atoms with van der Waals surface area (Å²) in [5.74, 6) is 0.0822. The quantitative estimate of drug-likeness (QED) is 0.761. The fourth-order valence-electron chi connectivity index (χ4n) is 3.13. The number of thioether (sulfide) groups is 1. The van der Waals surface area contributed by atoms with Crippen LogP contribution in [0, 0.1) is 0 Å². The van der Waals surface area contributed by atoms with E-state index in [1.54, 1.807) is 11.8 Å². The second-order valence-electron chi connectivity index (χ2n) is 6.59. The molecule has 1 heterocycles. The summed E-state index contributed by atoms with van der Waals surface area (Å²) in [5.41, 5.74) is 2.50. The second kappa shape index (κ2) is 9.07. The molecule has 1 amide bonds. The topological polar surface area (TPSA) is 32.3 Å². The highest BCUT2D eigenvalue weighted by atomic mass is 32.2. The molecule has 3 nitrogen and oxygen atoms in total. The molecule has 1 aliphatic heterocycles. The van der Waals surface area contributed by atoms with Gasteiger partial charge in [-0.25, -0.2) is 0 Å².